The number of nitrogens with one attached hydrogen (secondary N) is 1. The van der Waals surface area contributed by atoms with E-state index in [1.54, 1.807) is 24.3 Å². The van der Waals surface area contributed by atoms with Crippen molar-refractivity contribution in [2.75, 3.05) is 5.32 Å². The Labute approximate surface area is 145 Å². The zero-order chi connectivity index (χ0) is 17.3. The lowest BCUT2D eigenvalue weighted by atomic mass is 10.1. The lowest BCUT2D eigenvalue weighted by molar-refractivity contribution is 0.104. The zero-order valence-corrected chi connectivity index (χ0v) is 14.1. The molecule has 0 amide bonds. The van der Waals surface area contributed by atoms with Gasteiger partial charge in [0, 0.05) is 23.0 Å². The molecular formula is C19H16N2O2S. The normalized spacial score (nSPS) is 13.5. The molecule has 5 heteroatoms. The van der Waals surface area contributed by atoms with E-state index in [2.05, 4.69) is 10.3 Å². The minimum absolute atomic E-state index is 0.0609. The van der Waals surface area contributed by atoms with Gasteiger partial charge in [-0.15, -0.1) is 0 Å². The Morgan fingerprint density at radius 3 is 2.33 bits per heavy atom. The summed E-state index contributed by atoms with van der Waals surface area (Å²) in [6.45, 7) is 3.96. The molecule has 0 unspecified atom stereocenters. The molecule has 24 heavy (non-hydrogen) atoms. The number of allylic oxidation sites excluding steroid dienone is 1. The van der Waals surface area contributed by atoms with E-state index in [-0.39, 0.29) is 22.2 Å². The van der Waals surface area contributed by atoms with Crippen LogP contribution in [0, 0.1) is 13.8 Å². The van der Waals surface area contributed by atoms with Gasteiger partial charge in [0.05, 0.1) is 5.57 Å². The van der Waals surface area contributed by atoms with E-state index >= 15 is 0 Å². The molecule has 0 radical (unpaired) electrons. The van der Waals surface area contributed by atoms with E-state index < -0.39 is 0 Å². The number of carbonyl (C=O) groups excluding carboxylic acids is 1. The molecule has 0 bridgehead atoms. The summed E-state index contributed by atoms with van der Waals surface area (Å²) in [6.07, 6.45) is 1.32. The first-order valence-corrected chi connectivity index (χ1v) is 7.88. The average molecular weight is 336 g/mol. The van der Waals surface area contributed by atoms with Gasteiger partial charge in [-0.05, 0) is 37.2 Å². The number of benzene rings is 2. The number of aliphatic hydroxyl groups is 1. The van der Waals surface area contributed by atoms with Gasteiger partial charge in [0.15, 0.2) is 10.9 Å². The van der Waals surface area contributed by atoms with Crippen molar-refractivity contribution >= 4 is 40.8 Å². The van der Waals surface area contributed by atoms with Crippen molar-refractivity contribution in [1.82, 2.24) is 0 Å². The molecule has 3 rings (SSSR count). The van der Waals surface area contributed by atoms with Crippen LogP contribution in [0.2, 0.25) is 0 Å². The summed E-state index contributed by atoms with van der Waals surface area (Å²) < 4.78 is 0. The van der Waals surface area contributed by atoms with Crippen LogP contribution in [-0.2, 0) is 0 Å². The molecule has 2 N–H and O–H groups in total. The summed E-state index contributed by atoms with van der Waals surface area (Å²) in [5.41, 5.74) is 4.17. The summed E-state index contributed by atoms with van der Waals surface area (Å²) in [7, 11) is 0. The highest BCUT2D eigenvalue weighted by atomic mass is 32.1. The van der Waals surface area contributed by atoms with Gasteiger partial charge in [-0.25, -0.2) is 4.99 Å². The van der Waals surface area contributed by atoms with E-state index in [0.717, 1.165) is 16.8 Å². The maximum atomic E-state index is 12.3. The van der Waals surface area contributed by atoms with Crippen LogP contribution in [0.5, 0.6) is 0 Å². The van der Waals surface area contributed by atoms with Crippen molar-refractivity contribution in [3.8, 4) is 0 Å². The van der Waals surface area contributed by atoms with E-state index in [4.69, 9.17) is 12.2 Å². The standard InChI is InChI=1S/C19H16N2O2S/c1-11-6-5-7-12(2)16(11)21-19(24)20-10-15-17(22)13-8-3-4-9-14(13)18(15)23/h3-10,22H,1-2H3,(H,21,24)/b20-10+. The fourth-order valence-corrected chi connectivity index (χ4v) is 2.83. The number of anilines is 1. The molecule has 120 valence electrons. The highest BCUT2D eigenvalue weighted by Gasteiger charge is 2.27. The van der Waals surface area contributed by atoms with E-state index in [0.29, 0.717) is 11.1 Å². The van der Waals surface area contributed by atoms with Gasteiger partial charge in [-0.3, -0.25) is 4.79 Å². The van der Waals surface area contributed by atoms with E-state index in [1.807, 2.05) is 32.0 Å². The quantitative estimate of drug-likeness (QED) is 0.636. The molecule has 4 nitrogen and oxygen atoms in total. The molecule has 2 aromatic rings. The van der Waals surface area contributed by atoms with Crippen LogP contribution in [0.3, 0.4) is 0 Å². The molecule has 0 aliphatic heterocycles. The van der Waals surface area contributed by atoms with E-state index in [9.17, 15) is 9.90 Å². The highest BCUT2D eigenvalue weighted by Crippen LogP contribution is 2.29. The predicted octanol–water partition coefficient (Wildman–Crippen LogP) is 4.24. The molecule has 2 aromatic carbocycles. The Kier molecular flexibility index (Phi) is 4.27. The molecule has 0 fully saturated rings. The fraction of sp³-hybridized carbons (Fsp3) is 0.105. The summed E-state index contributed by atoms with van der Waals surface area (Å²) in [5, 5.41) is 13.5. The maximum Gasteiger partial charge on any atom is 0.199 e. The summed E-state index contributed by atoms with van der Waals surface area (Å²) in [4.78, 5) is 16.4. The lowest BCUT2D eigenvalue weighted by Gasteiger charge is -2.10. The number of hydrogen-bond acceptors (Lipinski definition) is 3. The van der Waals surface area contributed by atoms with Gasteiger partial charge >= 0.3 is 0 Å². The number of thiocarbonyl (C=S) groups is 1. The molecule has 0 heterocycles. The number of fused-ring (bicyclic) bond motifs is 1. The second kappa shape index (κ2) is 6.37. The third kappa shape index (κ3) is 2.86. The summed E-state index contributed by atoms with van der Waals surface area (Å²) in [6, 6.07) is 12.9. The van der Waals surface area contributed by atoms with Gasteiger partial charge < -0.3 is 10.4 Å². The average Bonchev–Trinajstić information content (AvgIpc) is 2.81. The SMILES string of the molecule is Cc1cccc(C)c1NC(=S)/N=C/C1=C(O)c2ccccc2C1=O. The number of aryl methyl sites for hydroxylation is 2. The second-order valence-electron chi connectivity index (χ2n) is 5.59. The van der Waals surface area contributed by atoms with E-state index in [1.165, 1.54) is 6.21 Å². The van der Waals surface area contributed by atoms with Gasteiger partial charge in [0.25, 0.3) is 0 Å². The van der Waals surface area contributed by atoms with Crippen LogP contribution in [0.25, 0.3) is 5.76 Å². The topological polar surface area (TPSA) is 61.7 Å². The highest BCUT2D eigenvalue weighted by molar-refractivity contribution is 7.80. The third-order valence-corrected chi connectivity index (χ3v) is 4.16. The molecule has 1 aliphatic rings. The number of Topliss-reactive ketones (excluding diaryl/α,β-unsaturated/α-hetero) is 1. The van der Waals surface area contributed by atoms with Crippen LogP contribution >= 0.6 is 12.2 Å². The van der Waals surface area contributed by atoms with Crippen molar-refractivity contribution in [1.29, 1.82) is 0 Å². The monoisotopic (exact) mass is 336 g/mol. The van der Waals surface area contributed by atoms with Gasteiger partial charge in [-0.2, -0.15) is 0 Å². The first-order chi connectivity index (χ1) is 11.5. The number of ketones is 1. The number of carbonyl (C=O) groups is 1. The maximum absolute atomic E-state index is 12.3. The largest absolute Gasteiger partial charge is 0.506 e. The molecule has 0 atom stereocenters. The van der Waals surface area contributed by atoms with Crippen LogP contribution in [0.1, 0.15) is 27.0 Å². The molecule has 0 spiro atoms. The minimum atomic E-state index is -0.248. The smallest absolute Gasteiger partial charge is 0.199 e. The first-order valence-electron chi connectivity index (χ1n) is 7.47. The van der Waals surface area contributed by atoms with Crippen molar-refractivity contribution in [2.45, 2.75) is 13.8 Å². The lowest BCUT2D eigenvalue weighted by Crippen LogP contribution is -2.10. The Balaban J connectivity index is 1.81. The summed E-state index contributed by atoms with van der Waals surface area (Å²) >= 11 is 5.23. The Morgan fingerprint density at radius 1 is 1.08 bits per heavy atom. The fourth-order valence-electron chi connectivity index (χ4n) is 2.68. The van der Waals surface area contributed by atoms with Crippen LogP contribution in [0.4, 0.5) is 5.69 Å². The molecule has 0 saturated heterocycles. The van der Waals surface area contributed by atoms with Crippen molar-refractivity contribution in [2.24, 2.45) is 4.99 Å². The van der Waals surface area contributed by atoms with Gasteiger partial charge in [0.1, 0.15) is 5.76 Å². The third-order valence-electron chi connectivity index (χ3n) is 3.95. The second-order valence-corrected chi connectivity index (χ2v) is 5.98. The van der Waals surface area contributed by atoms with Crippen LogP contribution in [0.15, 0.2) is 53.0 Å². The Bertz CT molecular complexity index is 893. The predicted molar refractivity (Wildman–Crippen MR) is 101 cm³/mol. The molecular weight excluding hydrogens is 320 g/mol. The van der Waals surface area contributed by atoms with Gasteiger partial charge in [-0.1, -0.05) is 42.5 Å². The van der Waals surface area contributed by atoms with Crippen LogP contribution < -0.4 is 5.32 Å². The van der Waals surface area contributed by atoms with Crippen molar-refractivity contribution in [3.63, 3.8) is 0 Å². The summed E-state index contributed by atoms with van der Waals surface area (Å²) in [5.74, 6) is -0.309. The molecule has 0 aromatic heterocycles. The Morgan fingerprint density at radius 2 is 1.71 bits per heavy atom. The number of rotatable bonds is 2. The minimum Gasteiger partial charge on any atom is -0.506 e. The van der Waals surface area contributed by atoms with Crippen molar-refractivity contribution in [3.05, 3.63) is 70.3 Å². The zero-order valence-electron chi connectivity index (χ0n) is 13.3. The number of nitrogens with zero attached hydrogens (tertiary/aromatic N) is 1. The molecule has 0 saturated carbocycles. The number of hydrogen-bond donors (Lipinski definition) is 2. The number of para-hydroxylation sites is 1. The number of aliphatic imine (C=N–C) groups is 1. The first kappa shape index (κ1) is 16.1. The number of aliphatic hydroxyl groups excluding tert-OH is 1. The van der Waals surface area contributed by atoms with Gasteiger partial charge in [0.2, 0.25) is 0 Å². The van der Waals surface area contributed by atoms with Crippen LogP contribution in [-0.4, -0.2) is 22.2 Å². The van der Waals surface area contributed by atoms with Crippen molar-refractivity contribution < 1.29 is 9.90 Å². The Hall–Kier alpha value is -2.79. The molecule has 1 aliphatic carbocycles.